The second kappa shape index (κ2) is 6.09. The molecule has 2 rings (SSSR count). The van der Waals surface area contributed by atoms with E-state index >= 15 is 0 Å². The zero-order valence-electron chi connectivity index (χ0n) is 11.2. The van der Waals surface area contributed by atoms with E-state index in [-0.39, 0.29) is 6.04 Å². The molecule has 0 aliphatic rings. The molecule has 0 amide bonds. The normalized spacial score (nSPS) is 12.2. The van der Waals surface area contributed by atoms with Crippen LogP contribution < -0.4 is 10.5 Å². The van der Waals surface area contributed by atoms with E-state index in [1.165, 1.54) is 0 Å². The van der Waals surface area contributed by atoms with Crippen LogP contribution in [0.1, 0.15) is 22.7 Å². The molecule has 100 valence electrons. The van der Waals surface area contributed by atoms with Crippen molar-refractivity contribution in [3.8, 4) is 5.75 Å². The van der Waals surface area contributed by atoms with Crippen LogP contribution in [-0.2, 0) is 6.42 Å². The van der Waals surface area contributed by atoms with E-state index in [0.29, 0.717) is 0 Å². The Morgan fingerprint density at radius 1 is 1.21 bits per heavy atom. The molecule has 2 aromatic carbocycles. The summed E-state index contributed by atoms with van der Waals surface area (Å²) in [6.07, 6.45) is 0.727. The Bertz CT molecular complexity index is 568. The summed E-state index contributed by atoms with van der Waals surface area (Å²) in [5.74, 6) is 0.873. The van der Waals surface area contributed by atoms with Crippen LogP contribution in [0.25, 0.3) is 0 Å². The molecule has 3 heteroatoms. The molecule has 1 atom stereocenters. The Labute approximate surface area is 119 Å². The van der Waals surface area contributed by atoms with Gasteiger partial charge in [0, 0.05) is 11.1 Å². The first-order valence-corrected chi connectivity index (χ1v) is 6.63. The number of para-hydroxylation sites is 1. The quantitative estimate of drug-likeness (QED) is 0.918. The summed E-state index contributed by atoms with van der Waals surface area (Å²) in [6.45, 7) is 2.05. The second-order valence-corrected chi connectivity index (χ2v) is 5.06. The lowest BCUT2D eigenvalue weighted by Crippen LogP contribution is -2.15. The molecule has 0 saturated heterocycles. The maximum atomic E-state index is 6.31. The van der Waals surface area contributed by atoms with Gasteiger partial charge in [-0.15, -0.1) is 0 Å². The van der Waals surface area contributed by atoms with E-state index < -0.39 is 0 Å². The van der Waals surface area contributed by atoms with Crippen molar-refractivity contribution in [1.82, 2.24) is 0 Å². The zero-order valence-corrected chi connectivity index (χ0v) is 11.9. The molecule has 0 saturated carbocycles. The van der Waals surface area contributed by atoms with Gasteiger partial charge in [0.2, 0.25) is 0 Å². The van der Waals surface area contributed by atoms with Gasteiger partial charge in [-0.25, -0.2) is 0 Å². The minimum atomic E-state index is -0.0880. The van der Waals surface area contributed by atoms with Crippen molar-refractivity contribution in [1.29, 1.82) is 0 Å². The minimum absolute atomic E-state index is 0.0880. The summed E-state index contributed by atoms with van der Waals surface area (Å²) in [5.41, 5.74) is 9.66. The number of halogens is 1. The first-order valence-electron chi connectivity index (χ1n) is 6.25. The highest BCUT2D eigenvalue weighted by Gasteiger charge is 2.12. The molecular weight excluding hydrogens is 258 g/mol. The van der Waals surface area contributed by atoms with Gasteiger partial charge in [-0.2, -0.15) is 0 Å². The van der Waals surface area contributed by atoms with Crippen molar-refractivity contribution < 1.29 is 4.74 Å². The molecule has 0 heterocycles. The van der Waals surface area contributed by atoms with Gasteiger partial charge in [-0.05, 0) is 48.2 Å². The average molecular weight is 276 g/mol. The second-order valence-electron chi connectivity index (χ2n) is 4.62. The zero-order chi connectivity index (χ0) is 13.8. The Hall–Kier alpha value is -1.51. The Kier molecular flexibility index (Phi) is 4.46. The fraction of sp³-hybridized carbons (Fsp3) is 0.250. The molecule has 0 spiro atoms. The number of hydrogen-bond acceptors (Lipinski definition) is 2. The van der Waals surface area contributed by atoms with Gasteiger partial charge in [-0.3, -0.25) is 0 Å². The molecule has 0 bridgehead atoms. The number of methoxy groups -OCH3 is 1. The molecule has 1 unspecified atom stereocenters. The van der Waals surface area contributed by atoms with Crippen LogP contribution in [0.4, 0.5) is 0 Å². The van der Waals surface area contributed by atoms with Gasteiger partial charge in [0.15, 0.2) is 0 Å². The minimum Gasteiger partial charge on any atom is -0.496 e. The number of nitrogens with two attached hydrogens (primary N) is 1. The third-order valence-corrected chi connectivity index (χ3v) is 3.51. The Morgan fingerprint density at radius 2 is 1.95 bits per heavy atom. The molecule has 2 N–H and O–H groups in total. The number of hydrogen-bond donors (Lipinski definition) is 1. The standard InChI is InChI=1S/C16H18ClNO/c1-11-7-8-13(17)10-14(11)15(18)9-12-5-3-4-6-16(12)19-2/h3-8,10,15H,9,18H2,1-2H3. The average Bonchev–Trinajstić information content (AvgIpc) is 2.42. The predicted octanol–water partition coefficient (Wildman–Crippen LogP) is 3.90. The highest BCUT2D eigenvalue weighted by molar-refractivity contribution is 6.30. The van der Waals surface area contributed by atoms with Crippen LogP contribution >= 0.6 is 11.6 Å². The summed E-state index contributed by atoms with van der Waals surface area (Å²) < 4.78 is 5.35. The predicted molar refractivity (Wildman–Crippen MR) is 79.8 cm³/mol. The monoisotopic (exact) mass is 275 g/mol. The maximum Gasteiger partial charge on any atom is 0.122 e. The number of rotatable bonds is 4. The molecule has 0 aromatic heterocycles. The van der Waals surface area contributed by atoms with Crippen LogP contribution in [0.2, 0.25) is 5.02 Å². The summed E-state index contributed by atoms with van der Waals surface area (Å²) >= 11 is 6.04. The van der Waals surface area contributed by atoms with Crippen molar-refractivity contribution in [3.05, 3.63) is 64.2 Å². The third kappa shape index (κ3) is 3.28. The molecular formula is C16H18ClNO. The molecule has 0 aliphatic carbocycles. The van der Waals surface area contributed by atoms with Gasteiger partial charge in [0.05, 0.1) is 7.11 Å². The lowest BCUT2D eigenvalue weighted by Gasteiger charge is -2.17. The van der Waals surface area contributed by atoms with Crippen LogP contribution in [0.3, 0.4) is 0 Å². The lowest BCUT2D eigenvalue weighted by molar-refractivity contribution is 0.408. The van der Waals surface area contributed by atoms with Crippen molar-refractivity contribution in [2.24, 2.45) is 5.73 Å². The number of ether oxygens (including phenoxy) is 1. The maximum absolute atomic E-state index is 6.31. The molecule has 0 fully saturated rings. The van der Waals surface area contributed by atoms with E-state index in [4.69, 9.17) is 22.1 Å². The van der Waals surface area contributed by atoms with Crippen LogP contribution in [0.5, 0.6) is 5.75 Å². The van der Waals surface area contributed by atoms with Crippen molar-refractivity contribution in [2.45, 2.75) is 19.4 Å². The van der Waals surface area contributed by atoms with Gasteiger partial charge in [0.1, 0.15) is 5.75 Å². The summed E-state index contributed by atoms with van der Waals surface area (Å²) in [4.78, 5) is 0. The number of benzene rings is 2. The van der Waals surface area contributed by atoms with E-state index in [0.717, 1.165) is 33.9 Å². The summed E-state index contributed by atoms with van der Waals surface area (Å²) in [5, 5.41) is 0.719. The van der Waals surface area contributed by atoms with Crippen molar-refractivity contribution in [2.75, 3.05) is 7.11 Å². The van der Waals surface area contributed by atoms with Gasteiger partial charge < -0.3 is 10.5 Å². The molecule has 0 aliphatic heterocycles. The fourth-order valence-electron chi connectivity index (χ4n) is 2.23. The Balaban J connectivity index is 2.25. The topological polar surface area (TPSA) is 35.2 Å². The van der Waals surface area contributed by atoms with E-state index in [1.807, 2.05) is 49.4 Å². The largest absolute Gasteiger partial charge is 0.496 e. The first-order chi connectivity index (χ1) is 9.11. The van der Waals surface area contributed by atoms with E-state index in [1.54, 1.807) is 7.11 Å². The van der Waals surface area contributed by atoms with Gasteiger partial charge in [-0.1, -0.05) is 35.9 Å². The van der Waals surface area contributed by atoms with Gasteiger partial charge in [0.25, 0.3) is 0 Å². The molecule has 0 radical (unpaired) electrons. The van der Waals surface area contributed by atoms with Crippen molar-refractivity contribution in [3.63, 3.8) is 0 Å². The van der Waals surface area contributed by atoms with Crippen LogP contribution in [0, 0.1) is 6.92 Å². The summed E-state index contributed by atoms with van der Waals surface area (Å²) in [7, 11) is 1.68. The lowest BCUT2D eigenvalue weighted by atomic mass is 9.96. The smallest absolute Gasteiger partial charge is 0.122 e. The highest BCUT2D eigenvalue weighted by atomic mass is 35.5. The molecule has 2 nitrogen and oxygen atoms in total. The Morgan fingerprint density at radius 3 is 2.68 bits per heavy atom. The van der Waals surface area contributed by atoms with Crippen LogP contribution in [0.15, 0.2) is 42.5 Å². The van der Waals surface area contributed by atoms with Crippen molar-refractivity contribution >= 4 is 11.6 Å². The third-order valence-electron chi connectivity index (χ3n) is 3.27. The van der Waals surface area contributed by atoms with E-state index in [2.05, 4.69) is 0 Å². The molecule has 2 aromatic rings. The fourth-order valence-corrected chi connectivity index (χ4v) is 2.41. The van der Waals surface area contributed by atoms with Gasteiger partial charge >= 0.3 is 0 Å². The summed E-state index contributed by atoms with van der Waals surface area (Å²) in [6, 6.07) is 13.7. The first kappa shape index (κ1) is 13.9. The van der Waals surface area contributed by atoms with E-state index in [9.17, 15) is 0 Å². The van der Waals surface area contributed by atoms with Crippen LogP contribution in [-0.4, -0.2) is 7.11 Å². The molecule has 19 heavy (non-hydrogen) atoms. The number of aryl methyl sites for hydroxylation is 1. The SMILES string of the molecule is COc1ccccc1CC(N)c1cc(Cl)ccc1C. The highest BCUT2D eigenvalue weighted by Crippen LogP contribution is 2.26.